The van der Waals surface area contributed by atoms with Crippen LogP contribution in [0, 0.1) is 13.8 Å². The van der Waals surface area contributed by atoms with Crippen molar-refractivity contribution in [2.45, 2.75) is 26.3 Å². The van der Waals surface area contributed by atoms with Crippen molar-refractivity contribution in [2.24, 2.45) is 0 Å². The fraction of sp³-hybridized carbons (Fsp3) is 0.368. The molecular weight excluding hydrogens is 350 g/mol. The Bertz CT molecular complexity index is 941. The molecule has 1 amide bonds. The molecule has 1 aromatic heterocycles. The summed E-state index contributed by atoms with van der Waals surface area (Å²) in [6, 6.07) is 7.47. The fourth-order valence-corrected chi connectivity index (χ4v) is 4.89. The van der Waals surface area contributed by atoms with Gasteiger partial charge in [0, 0.05) is 25.0 Å². The Morgan fingerprint density at radius 3 is 2.73 bits per heavy atom. The number of carbonyl (C=O) groups is 1. The molecule has 0 spiro atoms. The largest absolute Gasteiger partial charge is 0.354 e. The van der Waals surface area contributed by atoms with Gasteiger partial charge in [-0.05, 0) is 43.5 Å². The molecule has 2 aromatic rings. The molecule has 1 saturated heterocycles. The van der Waals surface area contributed by atoms with Crippen LogP contribution in [0.25, 0.3) is 0 Å². The number of hydrogen-bond acceptors (Lipinski definition) is 5. The van der Waals surface area contributed by atoms with E-state index in [1.807, 2.05) is 32.0 Å². The number of carbonyl (C=O) groups excluding carboxylic acids is 1. The third kappa shape index (κ3) is 3.88. The van der Waals surface area contributed by atoms with Crippen LogP contribution in [0.5, 0.6) is 0 Å². The molecule has 1 aliphatic rings. The summed E-state index contributed by atoms with van der Waals surface area (Å²) >= 11 is 0. The van der Waals surface area contributed by atoms with Gasteiger partial charge in [-0.2, -0.15) is 0 Å². The van der Waals surface area contributed by atoms with E-state index >= 15 is 0 Å². The van der Waals surface area contributed by atoms with Crippen LogP contribution in [0.2, 0.25) is 0 Å². The standard InChI is InChI=1S/C19H23N3O3S/c1-13-5-4-6-18(14(13)2)21-16-9-15(10-20-11-16)19(23)22(3)17-7-8-26(24,25)12-17/h4-6,9-11,17,21H,7-8,12H2,1-3H3. The smallest absolute Gasteiger partial charge is 0.255 e. The number of nitrogens with one attached hydrogen (secondary N) is 1. The molecule has 0 radical (unpaired) electrons. The summed E-state index contributed by atoms with van der Waals surface area (Å²) in [6.45, 7) is 4.08. The van der Waals surface area contributed by atoms with Crippen molar-refractivity contribution < 1.29 is 13.2 Å². The highest BCUT2D eigenvalue weighted by atomic mass is 32.2. The molecule has 6 nitrogen and oxygen atoms in total. The van der Waals surface area contributed by atoms with Gasteiger partial charge in [0.05, 0.1) is 29.0 Å². The Morgan fingerprint density at radius 1 is 1.27 bits per heavy atom. The quantitative estimate of drug-likeness (QED) is 0.891. The summed E-state index contributed by atoms with van der Waals surface area (Å²) in [6.07, 6.45) is 3.66. The minimum absolute atomic E-state index is 0.0308. The van der Waals surface area contributed by atoms with Gasteiger partial charge in [-0.1, -0.05) is 12.1 Å². The summed E-state index contributed by atoms with van der Waals surface area (Å²) in [5.74, 6) is -0.0468. The topological polar surface area (TPSA) is 79.4 Å². The lowest BCUT2D eigenvalue weighted by molar-refractivity contribution is 0.0747. The number of benzene rings is 1. The average Bonchev–Trinajstić information content (AvgIpc) is 2.98. The highest BCUT2D eigenvalue weighted by Gasteiger charge is 2.33. The molecule has 1 unspecified atom stereocenters. The summed E-state index contributed by atoms with van der Waals surface area (Å²) in [4.78, 5) is 18.4. The lowest BCUT2D eigenvalue weighted by Crippen LogP contribution is -2.37. The predicted octanol–water partition coefficient (Wildman–Crippen LogP) is 2.70. The minimum atomic E-state index is -3.04. The predicted molar refractivity (Wildman–Crippen MR) is 103 cm³/mol. The fourth-order valence-electron chi connectivity index (χ4n) is 3.12. The molecule has 1 N–H and O–H groups in total. The molecule has 0 saturated carbocycles. The van der Waals surface area contributed by atoms with Crippen LogP contribution in [0.1, 0.15) is 27.9 Å². The monoisotopic (exact) mass is 373 g/mol. The Labute approximate surface area is 154 Å². The maximum absolute atomic E-state index is 12.7. The van der Waals surface area contributed by atoms with Crippen LogP contribution >= 0.6 is 0 Å². The van der Waals surface area contributed by atoms with Gasteiger partial charge in [-0.3, -0.25) is 9.78 Å². The van der Waals surface area contributed by atoms with Crippen molar-refractivity contribution in [2.75, 3.05) is 23.9 Å². The molecule has 0 bridgehead atoms. The van der Waals surface area contributed by atoms with E-state index < -0.39 is 9.84 Å². The van der Waals surface area contributed by atoms with Crippen molar-refractivity contribution in [3.63, 3.8) is 0 Å². The number of pyridine rings is 1. The van der Waals surface area contributed by atoms with E-state index in [9.17, 15) is 13.2 Å². The molecule has 7 heteroatoms. The third-order valence-corrected chi connectivity index (χ3v) is 6.70. The van der Waals surface area contributed by atoms with E-state index in [0.29, 0.717) is 12.0 Å². The second-order valence-electron chi connectivity index (χ2n) is 6.81. The molecule has 3 rings (SSSR count). The lowest BCUT2D eigenvalue weighted by atomic mass is 10.1. The first-order valence-corrected chi connectivity index (χ1v) is 10.3. The van der Waals surface area contributed by atoms with Crippen LogP contribution in [-0.2, 0) is 9.84 Å². The van der Waals surface area contributed by atoms with Crippen LogP contribution < -0.4 is 5.32 Å². The average molecular weight is 373 g/mol. The van der Waals surface area contributed by atoms with E-state index in [4.69, 9.17) is 0 Å². The van der Waals surface area contributed by atoms with Gasteiger partial charge in [-0.15, -0.1) is 0 Å². The first-order chi connectivity index (χ1) is 12.3. The van der Waals surface area contributed by atoms with Crippen molar-refractivity contribution >= 4 is 27.1 Å². The van der Waals surface area contributed by atoms with Crippen LogP contribution in [0.4, 0.5) is 11.4 Å². The second-order valence-corrected chi connectivity index (χ2v) is 9.04. The Kier molecular flexibility index (Phi) is 5.00. The van der Waals surface area contributed by atoms with Gasteiger partial charge in [-0.25, -0.2) is 8.42 Å². The summed E-state index contributed by atoms with van der Waals surface area (Å²) in [5.41, 5.74) is 4.44. The Hall–Kier alpha value is -2.41. The van der Waals surface area contributed by atoms with Gasteiger partial charge in [0.1, 0.15) is 0 Å². The molecular formula is C19H23N3O3S. The zero-order valence-electron chi connectivity index (χ0n) is 15.2. The van der Waals surface area contributed by atoms with Crippen molar-refractivity contribution in [3.8, 4) is 0 Å². The normalized spacial score (nSPS) is 18.5. The summed E-state index contributed by atoms with van der Waals surface area (Å²) < 4.78 is 23.3. The highest BCUT2D eigenvalue weighted by Crippen LogP contribution is 2.24. The van der Waals surface area contributed by atoms with E-state index in [2.05, 4.69) is 10.3 Å². The third-order valence-electron chi connectivity index (χ3n) is 4.95. The van der Waals surface area contributed by atoms with E-state index in [1.165, 1.54) is 16.7 Å². The first kappa shape index (κ1) is 18.4. The minimum Gasteiger partial charge on any atom is -0.354 e. The maximum atomic E-state index is 12.7. The van der Waals surface area contributed by atoms with Crippen LogP contribution in [0.15, 0.2) is 36.7 Å². The molecule has 1 fully saturated rings. The molecule has 26 heavy (non-hydrogen) atoms. The molecule has 1 aromatic carbocycles. The van der Waals surface area contributed by atoms with Gasteiger partial charge in [0.2, 0.25) is 0 Å². The van der Waals surface area contributed by atoms with Gasteiger partial charge >= 0.3 is 0 Å². The molecule has 2 heterocycles. The van der Waals surface area contributed by atoms with Crippen molar-refractivity contribution in [1.82, 2.24) is 9.88 Å². The van der Waals surface area contributed by atoms with Gasteiger partial charge in [0.25, 0.3) is 5.91 Å². The first-order valence-electron chi connectivity index (χ1n) is 8.53. The van der Waals surface area contributed by atoms with Crippen molar-refractivity contribution in [3.05, 3.63) is 53.3 Å². The maximum Gasteiger partial charge on any atom is 0.255 e. The molecule has 138 valence electrons. The van der Waals surface area contributed by atoms with Gasteiger partial charge < -0.3 is 10.2 Å². The van der Waals surface area contributed by atoms with E-state index in [-0.39, 0.29) is 23.5 Å². The molecule has 1 aliphatic heterocycles. The van der Waals surface area contributed by atoms with E-state index in [0.717, 1.165) is 16.9 Å². The number of rotatable bonds is 4. The SMILES string of the molecule is Cc1cccc(Nc2cncc(C(=O)N(C)C3CCS(=O)(=O)C3)c2)c1C. The number of nitrogens with zero attached hydrogens (tertiary/aromatic N) is 2. The van der Waals surface area contributed by atoms with Gasteiger partial charge in [0.15, 0.2) is 9.84 Å². The zero-order chi connectivity index (χ0) is 18.9. The Balaban J connectivity index is 1.78. The molecule has 0 aliphatic carbocycles. The van der Waals surface area contributed by atoms with Crippen LogP contribution in [0.3, 0.4) is 0 Å². The number of aryl methyl sites for hydroxylation is 1. The summed E-state index contributed by atoms with van der Waals surface area (Å²) in [5, 5.41) is 3.30. The lowest BCUT2D eigenvalue weighted by Gasteiger charge is -2.23. The zero-order valence-corrected chi connectivity index (χ0v) is 16.0. The number of hydrogen-bond donors (Lipinski definition) is 1. The highest BCUT2D eigenvalue weighted by molar-refractivity contribution is 7.91. The number of anilines is 2. The number of amides is 1. The van der Waals surface area contributed by atoms with E-state index in [1.54, 1.807) is 19.3 Å². The Morgan fingerprint density at radius 2 is 2.04 bits per heavy atom. The second kappa shape index (κ2) is 7.07. The number of sulfone groups is 1. The number of aromatic nitrogens is 1. The van der Waals surface area contributed by atoms with Crippen LogP contribution in [-0.4, -0.2) is 48.8 Å². The summed E-state index contributed by atoms with van der Waals surface area (Å²) in [7, 11) is -1.38. The van der Waals surface area contributed by atoms with Crippen molar-refractivity contribution in [1.29, 1.82) is 0 Å². The molecule has 1 atom stereocenters.